The van der Waals surface area contributed by atoms with Crippen LogP contribution in [-0.2, 0) is 0 Å². The Bertz CT molecular complexity index is 551. The highest BCUT2D eigenvalue weighted by molar-refractivity contribution is 5.92. The Morgan fingerprint density at radius 3 is 1.89 bits per heavy atom. The van der Waals surface area contributed by atoms with E-state index in [9.17, 15) is 9.59 Å². The van der Waals surface area contributed by atoms with Crippen molar-refractivity contribution in [2.45, 2.75) is 6.92 Å². The van der Waals surface area contributed by atoms with Crippen molar-refractivity contribution in [2.24, 2.45) is 5.73 Å². The molecule has 0 fully saturated rings. The van der Waals surface area contributed by atoms with E-state index in [0.717, 1.165) is 5.56 Å². The predicted molar refractivity (Wildman–Crippen MR) is 70.9 cm³/mol. The van der Waals surface area contributed by atoms with Crippen LogP contribution in [0.1, 0.15) is 26.3 Å². The number of carboxylic acids is 1. The first kappa shape index (κ1) is 14.4. The third-order valence-corrected chi connectivity index (χ3v) is 2.26. The summed E-state index contributed by atoms with van der Waals surface area (Å²) in [6, 6.07) is 9.90. The summed E-state index contributed by atoms with van der Waals surface area (Å²) in [4.78, 5) is 24.4. The number of primary amides is 1. The average molecular weight is 258 g/mol. The van der Waals surface area contributed by atoms with E-state index in [-0.39, 0.29) is 0 Å². The lowest BCUT2D eigenvalue weighted by Gasteiger charge is -1.92. The molecule has 0 bridgehead atoms. The Kier molecular flexibility index (Phi) is 5.22. The zero-order chi connectivity index (χ0) is 14.3. The number of rotatable bonds is 2. The van der Waals surface area contributed by atoms with Gasteiger partial charge in [-0.25, -0.2) is 4.79 Å². The topological polar surface area (TPSA) is 93.3 Å². The number of aromatic nitrogens is 1. The molecule has 5 nitrogen and oxygen atoms in total. The number of hydrogen-bond donors (Lipinski definition) is 2. The van der Waals surface area contributed by atoms with E-state index in [1.165, 1.54) is 12.4 Å². The summed E-state index contributed by atoms with van der Waals surface area (Å²) in [6.45, 7) is 1.92. The monoisotopic (exact) mass is 258 g/mol. The molecule has 2 aromatic rings. The minimum Gasteiger partial charge on any atom is -0.478 e. The lowest BCUT2D eigenvalue weighted by atomic mass is 10.2. The van der Waals surface area contributed by atoms with Crippen molar-refractivity contribution in [2.75, 3.05) is 0 Å². The lowest BCUT2D eigenvalue weighted by molar-refractivity contribution is 0.0696. The van der Waals surface area contributed by atoms with Crippen molar-refractivity contribution in [3.05, 3.63) is 65.5 Å². The summed E-state index contributed by atoms with van der Waals surface area (Å²) in [5.74, 6) is -1.29. The van der Waals surface area contributed by atoms with E-state index in [4.69, 9.17) is 10.8 Å². The molecule has 0 radical (unpaired) electrons. The minimum atomic E-state index is -0.875. The molecule has 0 aliphatic rings. The number of carbonyl (C=O) groups excluding carboxylic acids is 1. The molecule has 2 rings (SSSR count). The van der Waals surface area contributed by atoms with Crippen LogP contribution in [0.4, 0.5) is 0 Å². The van der Waals surface area contributed by atoms with Crippen molar-refractivity contribution in [3.63, 3.8) is 0 Å². The lowest BCUT2D eigenvalue weighted by Crippen LogP contribution is -2.10. The highest BCUT2D eigenvalue weighted by Crippen LogP contribution is 2.01. The molecule has 5 heteroatoms. The molecule has 0 unspecified atom stereocenters. The van der Waals surface area contributed by atoms with Gasteiger partial charge in [0.25, 0.3) is 0 Å². The summed E-state index contributed by atoms with van der Waals surface area (Å²) < 4.78 is 0. The number of aryl methyl sites for hydroxylation is 1. The zero-order valence-corrected chi connectivity index (χ0v) is 10.4. The molecule has 1 aromatic carbocycles. The molecule has 19 heavy (non-hydrogen) atoms. The molecule has 0 saturated heterocycles. The Balaban J connectivity index is 0.000000191. The van der Waals surface area contributed by atoms with Crippen molar-refractivity contribution >= 4 is 11.9 Å². The highest BCUT2D eigenvalue weighted by atomic mass is 16.4. The third kappa shape index (κ3) is 4.99. The molecule has 1 amide bonds. The van der Waals surface area contributed by atoms with E-state index in [1.54, 1.807) is 36.4 Å². The van der Waals surface area contributed by atoms with Gasteiger partial charge in [0.05, 0.1) is 5.56 Å². The van der Waals surface area contributed by atoms with Crippen LogP contribution in [0.2, 0.25) is 0 Å². The fourth-order valence-electron chi connectivity index (χ4n) is 1.21. The normalized spacial score (nSPS) is 9.11. The van der Waals surface area contributed by atoms with Gasteiger partial charge < -0.3 is 10.8 Å². The molecule has 98 valence electrons. The van der Waals surface area contributed by atoms with Gasteiger partial charge in [-0.2, -0.15) is 0 Å². The Morgan fingerprint density at radius 2 is 1.53 bits per heavy atom. The molecule has 0 atom stereocenters. The van der Waals surface area contributed by atoms with Crippen molar-refractivity contribution in [1.82, 2.24) is 4.98 Å². The van der Waals surface area contributed by atoms with E-state index < -0.39 is 11.9 Å². The largest absolute Gasteiger partial charge is 0.478 e. The molecule has 0 aliphatic carbocycles. The van der Waals surface area contributed by atoms with Gasteiger partial charge in [0, 0.05) is 18.0 Å². The summed E-state index contributed by atoms with van der Waals surface area (Å²) in [5.41, 5.74) is 6.85. The summed E-state index contributed by atoms with van der Waals surface area (Å²) in [7, 11) is 0. The maximum Gasteiger partial charge on any atom is 0.335 e. The molecule has 1 aromatic heterocycles. The predicted octanol–water partition coefficient (Wildman–Crippen LogP) is 1.87. The van der Waals surface area contributed by atoms with Gasteiger partial charge in [0.2, 0.25) is 5.91 Å². The van der Waals surface area contributed by atoms with E-state index in [0.29, 0.717) is 11.1 Å². The fraction of sp³-hybridized carbons (Fsp3) is 0.0714. The van der Waals surface area contributed by atoms with Crippen LogP contribution in [0.3, 0.4) is 0 Å². The first-order chi connectivity index (χ1) is 9.00. The molecule has 0 spiro atoms. The first-order valence-electron chi connectivity index (χ1n) is 5.50. The fourth-order valence-corrected chi connectivity index (χ4v) is 1.21. The number of hydrogen-bond acceptors (Lipinski definition) is 3. The Labute approximate surface area is 110 Å². The summed E-state index contributed by atoms with van der Waals surface area (Å²) >= 11 is 0. The minimum absolute atomic E-state index is 0.339. The second kappa shape index (κ2) is 6.90. The van der Waals surface area contributed by atoms with Crippen LogP contribution in [0.15, 0.2) is 48.8 Å². The van der Waals surface area contributed by atoms with Gasteiger partial charge in [0.15, 0.2) is 0 Å². The van der Waals surface area contributed by atoms with Crippen LogP contribution in [0.25, 0.3) is 0 Å². The van der Waals surface area contributed by atoms with E-state index >= 15 is 0 Å². The number of amides is 1. The number of pyridine rings is 1. The number of nitrogens with two attached hydrogens (primary N) is 1. The van der Waals surface area contributed by atoms with Crippen molar-refractivity contribution in [3.8, 4) is 0 Å². The maximum atomic E-state index is 10.4. The van der Waals surface area contributed by atoms with Gasteiger partial charge in [-0.1, -0.05) is 17.7 Å². The molecular formula is C14H14N2O3. The second-order valence-corrected chi connectivity index (χ2v) is 3.77. The van der Waals surface area contributed by atoms with Crippen LogP contribution < -0.4 is 5.73 Å². The maximum absolute atomic E-state index is 10.4. The summed E-state index contributed by atoms with van der Waals surface area (Å²) in [5, 5.41) is 8.48. The molecule has 1 heterocycles. The average Bonchev–Trinajstić information content (AvgIpc) is 2.41. The first-order valence-corrected chi connectivity index (χ1v) is 5.50. The van der Waals surface area contributed by atoms with E-state index in [1.807, 2.05) is 6.92 Å². The standard InChI is InChI=1S/C8H8O2.C6H6N2O/c1-6-2-4-7(5-3-6)8(9)10;7-6(9)5-1-3-8-4-2-5/h2-5H,1H3,(H,9,10);1-4H,(H2,7,9). The number of carbonyl (C=O) groups is 2. The SMILES string of the molecule is Cc1ccc(C(=O)O)cc1.NC(=O)c1ccncc1. The van der Waals surface area contributed by atoms with Gasteiger partial charge in [-0.05, 0) is 31.2 Å². The molecular weight excluding hydrogens is 244 g/mol. The van der Waals surface area contributed by atoms with Crippen LogP contribution in [0, 0.1) is 6.92 Å². The number of nitrogens with zero attached hydrogens (tertiary/aromatic N) is 1. The van der Waals surface area contributed by atoms with Gasteiger partial charge in [-0.15, -0.1) is 0 Å². The number of carboxylic acid groups (broad SMARTS) is 1. The van der Waals surface area contributed by atoms with E-state index in [2.05, 4.69) is 4.98 Å². The Hall–Kier alpha value is -2.69. The quantitative estimate of drug-likeness (QED) is 0.859. The van der Waals surface area contributed by atoms with Crippen LogP contribution in [0.5, 0.6) is 0 Å². The highest BCUT2D eigenvalue weighted by Gasteiger charge is 1.98. The number of benzene rings is 1. The molecule has 0 saturated carbocycles. The Morgan fingerprint density at radius 1 is 1.00 bits per heavy atom. The van der Waals surface area contributed by atoms with Crippen molar-refractivity contribution in [1.29, 1.82) is 0 Å². The van der Waals surface area contributed by atoms with Crippen LogP contribution in [-0.4, -0.2) is 22.0 Å². The van der Waals surface area contributed by atoms with Gasteiger partial charge >= 0.3 is 5.97 Å². The molecule has 0 aliphatic heterocycles. The van der Waals surface area contributed by atoms with Crippen molar-refractivity contribution < 1.29 is 14.7 Å². The zero-order valence-electron chi connectivity index (χ0n) is 10.4. The smallest absolute Gasteiger partial charge is 0.335 e. The van der Waals surface area contributed by atoms with Gasteiger partial charge in [-0.3, -0.25) is 9.78 Å². The van der Waals surface area contributed by atoms with Crippen LogP contribution >= 0.6 is 0 Å². The molecule has 3 N–H and O–H groups in total. The summed E-state index contributed by atoms with van der Waals surface area (Å²) in [6.07, 6.45) is 3.06. The van der Waals surface area contributed by atoms with Gasteiger partial charge in [0.1, 0.15) is 0 Å². The second-order valence-electron chi connectivity index (χ2n) is 3.77. The number of aromatic carboxylic acids is 1. The third-order valence-electron chi connectivity index (χ3n) is 2.26.